The van der Waals surface area contributed by atoms with Crippen LogP contribution in [0, 0.1) is 0 Å². The van der Waals surface area contributed by atoms with E-state index in [1.807, 2.05) is 25.3 Å². The average molecular weight is 140 g/mol. The van der Waals surface area contributed by atoms with Crippen LogP contribution in [-0.4, -0.2) is 13.6 Å². The number of likely N-dealkylation sites (N-methyl/N-ethyl adjacent to an activating group) is 1. The van der Waals surface area contributed by atoms with Gasteiger partial charge in [-0.1, -0.05) is 19.1 Å². The van der Waals surface area contributed by atoms with Gasteiger partial charge in [0.2, 0.25) is 0 Å². The molecule has 2 heteroatoms. The summed E-state index contributed by atoms with van der Waals surface area (Å²) in [6, 6.07) is 0. The second kappa shape index (κ2) is 6.36. The smallest absolute Gasteiger partial charge is 0.0270 e. The fourth-order valence-corrected chi connectivity index (χ4v) is 0.617. The van der Waals surface area contributed by atoms with Crippen molar-refractivity contribution in [2.45, 2.75) is 13.3 Å². The normalized spacial score (nSPS) is 12.8. The molecule has 0 saturated heterocycles. The lowest BCUT2D eigenvalue weighted by molar-refractivity contribution is 0.918. The molecule has 0 aromatic carbocycles. The van der Waals surface area contributed by atoms with Gasteiger partial charge in [-0.15, -0.1) is 0 Å². The average Bonchev–Trinajstić information content (AvgIpc) is 1.89. The molecule has 0 atom stereocenters. The maximum absolute atomic E-state index is 5.57. The first kappa shape index (κ1) is 9.24. The fraction of sp³-hybridized carbons (Fsp3) is 0.500. The van der Waals surface area contributed by atoms with Gasteiger partial charge in [0.15, 0.2) is 0 Å². The van der Waals surface area contributed by atoms with Gasteiger partial charge in [0.05, 0.1) is 0 Å². The van der Waals surface area contributed by atoms with Crippen LogP contribution in [-0.2, 0) is 0 Å². The van der Waals surface area contributed by atoms with E-state index in [0.29, 0.717) is 0 Å². The highest BCUT2D eigenvalue weighted by atomic mass is 14.8. The van der Waals surface area contributed by atoms with Crippen LogP contribution in [0.25, 0.3) is 0 Å². The lowest BCUT2D eigenvalue weighted by Gasteiger charge is -1.90. The van der Waals surface area contributed by atoms with Crippen molar-refractivity contribution in [2.24, 2.45) is 5.73 Å². The van der Waals surface area contributed by atoms with E-state index in [9.17, 15) is 0 Å². The summed E-state index contributed by atoms with van der Waals surface area (Å²) >= 11 is 0. The molecule has 0 unspecified atom stereocenters. The van der Waals surface area contributed by atoms with E-state index >= 15 is 0 Å². The Bertz CT molecular complexity index is 125. The van der Waals surface area contributed by atoms with Gasteiger partial charge in [-0.2, -0.15) is 0 Å². The Balaban J connectivity index is 3.55. The summed E-state index contributed by atoms with van der Waals surface area (Å²) in [5.74, 6) is 0. The van der Waals surface area contributed by atoms with Crippen LogP contribution in [0.4, 0.5) is 0 Å². The summed E-state index contributed by atoms with van der Waals surface area (Å²) in [6.07, 6.45) is 6.91. The molecule has 10 heavy (non-hydrogen) atoms. The van der Waals surface area contributed by atoms with Crippen LogP contribution < -0.4 is 11.1 Å². The highest BCUT2D eigenvalue weighted by Crippen LogP contribution is 1.88. The SMILES string of the molecule is CC/C=C(N)\C=C/CNC. The summed E-state index contributed by atoms with van der Waals surface area (Å²) in [5.41, 5.74) is 6.42. The number of hydrogen-bond donors (Lipinski definition) is 2. The van der Waals surface area contributed by atoms with Crippen LogP contribution in [0.15, 0.2) is 23.9 Å². The Morgan fingerprint density at radius 2 is 2.30 bits per heavy atom. The minimum Gasteiger partial charge on any atom is -0.399 e. The maximum atomic E-state index is 5.57. The molecule has 0 aliphatic heterocycles. The van der Waals surface area contributed by atoms with Gasteiger partial charge in [-0.05, 0) is 19.5 Å². The van der Waals surface area contributed by atoms with Crippen molar-refractivity contribution >= 4 is 0 Å². The Morgan fingerprint density at radius 1 is 1.60 bits per heavy atom. The molecule has 0 amide bonds. The summed E-state index contributed by atoms with van der Waals surface area (Å²) in [4.78, 5) is 0. The third-order valence-electron chi connectivity index (χ3n) is 1.07. The molecule has 0 aliphatic rings. The minimum atomic E-state index is 0.845. The van der Waals surface area contributed by atoms with E-state index in [4.69, 9.17) is 5.73 Å². The highest BCUT2D eigenvalue weighted by molar-refractivity contribution is 5.14. The van der Waals surface area contributed by atoms with E-state index in [-0.39, 0.29) is 0 Å². The maximum Gasteiger partial charge on any atom is 0.0270 e. The van der Waals surface area contributed by atoms with Gasteiger partial charge in [0.25, 0.3) is 0 Å². The number of nitrogens with two attached hydrogens (primary N) is 1. The van der Waals surface area contributed by atoms with Crippen LogP contribution in [0.1, 0.15) is 13.3 Å². The number of rotatable bonds is 4. The van der Waals surface area contributed by atoms with Gasteiger partial charge in [-0.25, -0.2) is 0 Å². The standard InChI is InChI=1S/C8H16N2/c1-3-5-8(9)6-4-7-10-2/h4-6,10H,3,7,9H2,1-2H3/b6-4-,8-5+. The first-order valence-electron chi connectivity index (χ1n) is 3.58. The summed E-state index contributed by atoms with van der Waals surface area (Å²) in [5, 5.41) is 3.00. The second-order valence-electron chi connectivity index (χ2n) is 2.07. The highest BCUT2D eigenvalue weighted by Gasteiger charge is 1.77. The van der Waals surface area contributed by atoms with Crippen molar-refractivity contribution in [1.29, 1.82) is 0 Å². The number of allylic oxidation sites excluding steroid dienone is 2. The molecular formula is C8H16N2. The quantitative estimate of drug-likeness (QED) is 0.572. The minimum absolute atomic E-state index is 0.845. The van der Waals surface area contributed by atoms with Gasteiger partial charge < -0.3 is 11.1 Å². The van der Waals surface area contributed by atoms with Gasteiger partial charge in [0, 0.05) is 12.2 Å². The van der Waals surface area contributed by atoms with Crippen molar-refractivity contribution in [2.75, 3.05) is 13.6 Å². The van der Waals surface area contributed by atoms with E-state index in [2.05, 4.69) is 12.2 Å². The molecule has 58 valence electrons. The van der Waals surface area contributed by atoms with E-state index in [0.717, 1.165) is 18.7 Å². The number of hydrogen-bond acceptors (Lipinski definition) is 2. The molecule has 0 spiro atoms. The predicted octanol–water partition coefficient (Wildman–Crippen LogP) is 1.01. The molecule has 0 heterocycles. The summed E-state index contributed by atoms with van der Waals surface area (Å²) in [7, 11) is 1.91. The molecule has 0 rings (SSSR count). The number of nitrogens with one attached hydrogen (secondary N) is 1. The van der Waals surface area contributed by atoms with Gasteiger partial charge in [-0.3, -0.25) is 0 Å². The molecule has 0 fully saturated rings. The van der Waals surface area contributed by atoms with Crippen molar-refractivity contribution in [3.8, 4) is 0 Å². The third-order valence-corrected chi connectivity index (χ3v) is 1.07. The van der Waals surface area contributed by atoms with E-state index in [1.165, 1.54) is 0 Å². The molecule has 3 N–H and O–H groups in total. The van der Waals surface area contributed by atoms with Crippen LogP contribution in [0.3, 0.4) is 0 Å². The van der Waals surface area contributed by atoms with Crippen LogP contribution in [0.5, 0.6) is 0 Å². The molecule has 0 aliphatic carbocycles. The summed E-state index contributed by atoms with van der Waals surface area (Å²) in [6.45, 7) is 2.94. The molecule has 2 nitrogen and oxygen atoms in total. The lowest BCUT2D eigenvalue weighted by Crippen LogP contribution is -2.04. The van der Waals surface area contributed by atoms with E-state index in [1.54, 1.807) is 0 Å². The third kappa shape index (κ3) is 5.38. The zero-order valence-corrected chi connectivity index (χ0v) is 6.72. The molecule has 0 saturated carbocycles. The zero-order valence-electron chi connectivity index (χ0n) is 6.72. The first-order chi connectivity index (χ1) is 4.81. The lowest BCUT2D eigenvalue weighted by atomic mass is 10.3. The molecule has 0 radical (unpaired) electrons. The van der Waals surface area contributed by atoms with Crippen molar-refractivity contribution in [3.05, 3.63) is 23.9 Å². The topological polar surface area (TPSA) is 38.0 Å². The predicted molar refractivity (Wildman–Crippen MR) is 45.6 cm³/mol. The molecule has 0 aromatic heterocycles. The molecule has 0 bridgehead atoms. The van der Waals surface area contributed by atoms with Crippen molar-refractivity contribution in [1.82, 2.24) is 5.32 Å². The Morgan fingerprint density at radius 3 is 2.80 bits per heavy atom. The first-order valence-corrected chi connectivity index (χ1v) is 3.58. The molecular weight excluding hydrogens is 124 g/mol. The van der Waals surface area contributed by atoms with Crippen molar-refractivity contribution in [3.63, 3.8) is 0 Å². The molecule has 0 aromatic rings. The largest absolute Gasteiger partial charge is 0.399 e. The van der Waals surface area contributed by atoms with Gasteiger partial charge >= 0.3 is 0 Å². The van der Waals surface area contributed by atoms with Gasteiger partial charge in [0.1, 0.15) is 0 Å². The summed E-state index contributed by atoms with van der Waals surface area (Å²) < 4.78 is 0. The Labute approximate surface area is 62.8 Å². The Hall–Kier alpha value is -0.760. The second-order valence-corrected chi connectivity index (χ2v) is 2.07. The zero-order chi connectivity index (χ0) is 7.82. The fourth-order valence-electron chi connectivity index (χ4n) is 0.617. The van der Waals surface area contributed by atoms with Crippen LogP contribution in [0.2, 0.25) is 0 Å². The Kier molecular flexibility index (Phi) is 5.88. The van der Waals surface area contributed by atoms with Crippen LogP contribution >= 0.6 is 0 Å². The van der Waals surface area contributed by atoms with Crippen molar-refractivity contribution < 1.29 is 0 Å². The van der Waals surface area contributed by atoms with E-state index < -0.39 is 0 Å². The monoisotopic (exact) mass is 140 g/mol.